The summed E-state index contributed by atoms with van der Waals surface area (Å²) >= 11 is 0. The van der Waals surface area contributed by atoms with E-state index < -0.39 is 5.41 Å². The SMILES string of the molecule is COc1cc2c(cc1CC1CO1)NC(=O)N(COC(=O)C(C)(C)C)C2. The molecule has 2 amide bonds. The lowest BCUT2D eigenvalue weighted by atomic mass is 9.97. The molecule has 7 nitrogen and oxygen atoms in total. The molecule has 1 aromatic rings. The van der Waals surface area contributed by atoms with Crippen molar-refractivity contribution < 1.29 is 23.8 Å². The fourth-order valence-electron chi connectivity index (χ4n) is 2.62. The first-order valence-corrected chi connectivity index (χ1v) is 8.32. The number of nitrogens with one attached hydrogen (secondary N) is 1. The normalized spacial score (nSPS) is 19.1. The van der Waals surface area contributed by atoms with Gasteiger partial charge in [0.05, 0.1) is 31.8 Å². The Morgan fingerprint density at radius 2 is 2.12 bits per heavy atom. The van der Waals surface area contributed by atoms with Crippen LogP contribution in [-0.4, -0.2) is 43.5 Å². The number of urea groups is 1. The summed E-state index contributed by atoms with van der Waals surface area (Å²) in [6, 6.07) is 3.57. The Morgan fingerprint density at radius 3 is 2.72 bits per heavy atom. The molecule has 1 N–H and O–H groups in total. The number of ether oxygens (including phenoxy) is 3. The van der Waals surface area contributed by atoms with Gasteiger partial charge >= 0.3 is 12.0 Å². The number of epoxide rings is 1. The number of fused-ring (bicyclic) bond motifs is 1. The number of carbonyl (C=O) groups excluding carboxylic acids is 2. The fourth-order valence-corrected chi connectivity index (χ4v) is 2.62. The molecule has 1 atom stereocenters. The Balaban J connectivity index is 1.73. The molecular weight excluding hydrogens is 324 g/mol. The second kappa shape index (κ2) is 6.55. The second-order valence-electron chi connectivity index (χ2n) is 7.42. The average molecular weight is 348 g/mol. The summed E-state index contributed by atoms with van der Waals surface area (Å²) in [5, 5.41) is 2.86. The van der Waals surface area contributed by atoms with Crippen LogP contribution in [0.25, 0.3) is 0 Å². The molecule has 0 aliphatic carbocycles. The molecule has 25 heavy (non-hydrogen) atoms. The molecule has 1 unspecified atom stereocenters. The van der Waals surface area contributed by atoms with Crippen molar-refractivity contribution in [3.8, 4) is 5.75 Å². The summed E-state index contributed by atoms with van der Waals surface area (Å²) in [6.45, 7) is 6.36. The highest BCUT2D eigenvalue weighted by molar-refractivity contribution is 5.92. The van der Waals surface area contributed by atoms with E-state index in [1.54, 1.807) is 27.9 Å². The molecule has 1 aromatic carbocycles. The summed E-state index contributed by atoms with van der Waals surface area (Å²) in [4.78, 5) is 25.6. The van der Waals surface area contributed by atoms with Crippen molar-refractivity contribution in [2.24, 2.45) is 5.41 Å². The van der Waals surface area contributed by atoms with Crippen LogP contribution in [0.5, 0.6) is 5.75 Å². The second-order valence-corrected chi connectivity index (χ2v) is 7.42. The van der Waals surface area contributed by atoms with Gasteiger partial charge in [-0.2, -0.15) is 0 Å². The van der Waals surface area contributed by atoms with Gasteiger partial charge in [-0.3, -0.25) is 9.69 Å². The summed E-state index contributed by atoms with van der Waals surface area (Å²) in [7, 11) is 1.63. The highest BCUT2D eigenvalue weighted by atomic mass is 16.6. The minimum absolute atomic E-state index is 0.0820. The van der Waals surface area contributed by atoms with Crippen LogP contribution < -0.4 is 10.1 Å². The van der Waals surface area contributed by atoms with Crippen LogP contribution in [-0.2, 0) is 27.2 Å². The standard InChI is InChI=1S/C18H24N2O5/c1-18(2,3)16(21)25-10-20-8-12-7-15(23-4)11(5-13-9-24-13)6-14(12)19-17(20)22/h6-7,13H,5,8-10H2,1-4H3,(H,19,22). The van der Waals surface area contributed by atoms with Crippen molar-refractivity contribution >= 4 is 17.7 Å². The van der Waals surface area contributed by atoms with Gasteiger partial charge in [-0.05, 0) is 44.0 Å². The zero-order valence-corrected chi connectivity index (χ0v) is 15.0. The van der Waals surface area contributed by atoms with Gasteiger partial charge in [-0.1, -0.05) is 0 Å². The van der Waals surface area contributed by atoms with E-state index in [4.69, 9.17) is 14.2 Å². The molecule has 0 saturated carbocycles. The first-order valence-electron chi connectivity index (χ1n) is 8.32. The number of hydrogen-bond donors (Lipinski definition) is 1. The molecule has 2 aliphatic heterocycles. The summed E-state index contributed by atoms with van der Waals surface area (Å²) in [5.41, 5.74) is 2.09. The number of nitrogens with zero attached hydrogens (tertiary/aromatic N) is 1. The molecule has 0 bridgehead atoms. The van der Waals surface area contributed by atoms with Gasteiger partial charge in [0.25, 0.3) is 0 Å². The molecule has 136 valence electrons. The summed E-state index contributed by atoms with van der Waals surface area (Å²) in [6.07, 6.45) is 0.999. The first kappa shape index (κ1) is 17.5. The van der Waals surface area contributed by atoms with Crippen molar-refractivity contribution in [3.05, 3.63) is 23.3 Å². The number of methoxy groups -OCH3 is 1. The number of hydrogen-bond acceptors (Lipinski definition) is 5. The Labute approximate surface area is 147 Å². The minimum atomic E-state index is -0.604. The highest BCUT2D eigenvalue weighted by Crippen LogP contribution is 2.33. The Hall–Kier alpha value is -2.28. The molecule has 0 aromatic heterocycles. The van der Waals surface area contributed by atoms with Crippen LogP contribution in [0.3, 0.4) is 0 Å². The number of rotatable bonds is 5. The van der Waals surface area contributed by atoms with Crippen LogP contribution in [0, 0.1) is 5.41 Å². The number of esters is 1. The first-order chi connectivity index (χ1) is 11.8. The number of carbonyl (C=O) groups is 2. The quantitative estimate of drug-likeness (QED) is 0.653. The minimum Gasteiger partial charge on any atom is -0.496 e. The Morgan fingerprint density at radius 1 is 1.40 bits per heavy atom. The number of amides is 2. The lowest BCUT2D eigenvalue weighted by Crippen LogP contribution is -2.41. The van der Waals surface area contributed by atoms with Crippen molar-refractivity contribution in [1.82, 2.24) is 4.90 Å². The van der Waals surface area contributed by atoms with E-state index in [0.717, 1.165) is 35.6 Å². The number of benzene rings is 1. The Bertz CT molecular complexity index is 691. The van der Waals surface area contributed by atoms with Crippen molar-refractivity contribution in [3.63, 3.8) is 0 Å². The molecular formula is C18H24N2O5. The number of anilines is 1. The summed E-state index contributed by atoms with van der Waals surface area (Å²) in [5.74, 6) is 0.431. The van der Waals surface area contributed by atoms with E-state index >= 15 is 0 Å². The predicted octanol–water partition coefficient (Wildman–Crippen LogP) is 2.53. The van der Waals surface area contributed by atoms with E-state index in [-0.39, 0.29) is 24.8 Å². The molecule has 2 heterocycles. The maximum atomic E-state index is 12.3. The van der Waals surface area contributed by atoms with Crippen LogP contribution in [0.2, 0.25) is 0 Å². The topological polar surface area (TPSA) is 80.4 Å². The smallest absolute Gasteiger partial charge is 0.324 e. The van der Waals surface area contributed by atoms with Gasteiger partial charge in [0.15, 0.2) is 6.73 Å². The van der Waals surface area contributed by atoms with E-state index in [1.165, 1.54) is 4.90 Å². The molecule has 3 rings (SSSR count). The van der Waals surface area contributed by atoms with Crippen LogP contribution in [0.15, 0.2) is 12.1 Å². The van der Waals surface area contributed by atoms with Crippen LogP contribution >= 0.6 is 0 Å². The third-order valence-corrected chi connectivity index (χ3v) is 4.21. The average Bonchev–Trinajstić information content (AvgIpc) is 3.35. The molecule has 1 fully saturated rings. The van der Waals surface area contributed by atoms with Crippen molar-refractivity contribution in [2.45, 2.75) is 39.8 Å². The zero-order valence-electron chi connectivity index (χ0n) is 15.0. The van der Waals surface area contributed by atoms with Gasteiger partial charge in [-0.15, -0.1) is 0 Å². The monoisotopic (exact) mass is 348 g/mol. The van der Waals surface area contributed by atoms with E-state index in [1.807, 2.05) is 12.1 Å². The van der Waals surface area contributed by atoms with Crippen molar-refractivity contribution in [2.75, 3.05) is 25.8 Å². The van der Waals surface area contributed by atoms with Crippen LogP contribution in [0.1, 0.15) is 31.9 Å². The molecule has 1 saturated heterocycles. The van der Waals surface area contributed by atoms with E-state index in [0.29, 0.717) is 6.54 Å². The van der Waals surface area contributed by atoms with E-state index in [2.05, 4.69) is 5.32 Å². The van der Waals surface area contributed by atoms with Gasteiger partial charge in [0.1, 0.15) is 5.75 Å². The summed E-state index contributed by atoms with van der Waals surface area (Å²) < 4.78 is 16.0. The van der Waals surface area contributed by atoms with Gasteiger partial charge < -0.3 is 19.5 Å². The van der Waals surface area contributed by atoms with Gasteiger partial charge in [0.2, 0.25) is 0 Å². The Kier molecular flexibility index (Phi) is 4.60. The molecule has 0 radical (unpaired) electrons. The zero-order chi connectivity index (χ0) is 18.2. The van der Waals surface area contributed by atoms with Gasteiger partial charge in [-0.25, -0.2) is 4.79 Å². The molecule has 7 heteroatoms. The predicted molar refractivity (Wildman–Crippen MR) is 91.4 cm³/mol. The largest absolute Gasteiger partial charge is 0.496 e. The van der Waals surface area contributed by atoms with Gasteiger partial charge in [0, 0.05) is 12.1 Å². The maximum absolute atomic E-state index is 12.3. The van der Waals surface area contributed by atoms with Crippen molar-refractivity contribution in [1.29, 1.82) is 0 Å². The van der Waals surface area contributed by atoms with E-state index in [9.17, 15) is 9.59 Å². The lowest BCUT2D eigenvalue weighted by molar-refractivity contribution is -0.156. The maximum Gasteiger partial charge on any atom is 0.324 e. The third-order valence-electron chi connectivity index (χ3n) is 4.21. The van der Waals surface area contributed by atoms with Crippen LogP contribution in [0.4, 0.5) is 10.5 Å². The third kappa shape index (κ3) is 4.04. The molecule has 0 spiro atoms. The molecule has 2 aliphatic rings. The highest BCUT2D eigenvalue weighted by Gasteiger charge is 2.29. The fraction of sp³-hybridized carbons (Fsp3) is 0.556. The lowest BCUT2D eigenvalue weighted by Gasteiger charge is -2.30.